The van der Waals surface area contributed by atoms with Crippen LogP contribution in [0.5, 0.6) is 5.75 Å². The first kappa shape index (κ1) is 24.3. The molecule has 176 valence electrons. The Morgan fingerprint density at radius 3 is 2.71 bits per heavy atom. The summed E-state index contributed by atoms with van der Waals surface area (Å²) in [6.45, 7) is 2.60. The van der Waals surface area contributed by atoms with Crippen LogP contribution >= 0.6 is 18.5 Å². The highest BCUT2D eigenvalue weighted by Crippen LogP contribution is 2.31. The smallest absolute Gasteiger partial charge is 0.254 e. The molecular formula is C25H28N4O3P2. The lowest BCUT2D eigenvalue weighted by molar-refractivity contribution is 0.0786. The number of aryl methyl sites for hydroxylation is 1. The van der Waals surface area contributed by atoms with Crippen molar-refractivity contribution in [3.8, 4) is 16.9 Å². The van der Waals surface area contributed by atoms with Crippen LogP contribution in [-0.4, -0.2) is 44.3 Å². The topological polar surface area (TPSA) is 80.5 Å². The van der Waals surface area contributed by atoms with Gasteiger partial charge in [0.2, 0.25) is 0 Å². The van der Waals surface area contributed by atoms with Crippen LogP contribution < -0.4 is 15.3 Å². The monoisotopic (exact) mass is 494 g/mol. The van der Waals surface area contributed by atoms with Crippen molar-refractivity contribution in [1.82, 2.24) is 19.7 Å². The number of carbonyl (C=O) groups excluding carboxylic acids is 1. The first-order valence-electron chi connectivity index (χ1n) is 10.9. The van der Waals surface area contributed by atoms with E-state index in [0.29, 0.717) is 30.2 Å². The van der Waals surface area contributed by atoms with Gasteiger partial charge in [0, 0.05) is 43.4 Å². The van der Waals surface area contributed by atoms with Crippen molar-refractivity contribution >= 4 is 45.9 Å². The van der Waals surface area contributed by atoms with Gasteiger partial charge in [-0.25, -0.2) is 0 Å². The van der Waals surface area contributed by atoms with Crippen molar-refractivity contribution in [2.24, 2.45) is 7.05 Å². The van der Waals surface area contributed by atoms with Crippen LogP contribution in [0.1, 0.15) is 28.5 Å². The molecule has 2 unspecified atom stereocenters. The molecule has 0 aliphatic carbocycles. The van der Waals surface area contributed by atoms with E-state index in [0.717, 1.165) is 38.2 Å². The van der Waals surface area contributed by atoms with Crippen molar-refractivity contribution in [2.45, 2.75) is 20.1 Å². The van der Waals surface area contributed by atoms with Gasteiger partial charge in [0.15, 0.2) is 0 Å². The van der Waals surface area contributed by atoms with Crippen LogP contribution in [0.2, 0.25) is 0 Å². The van der Waals surface area contributed by atoms with Crippen LogP contribution in [0.4, 0.5) is 0 Å². The molecule has 0 fully saturated rings. The van der Waals surface area contributed by atoms with Gasteiger partial charge in [-0.3, -0.25) is 14.5 Å². The van der Waals surface area contributed by atoms with E-state index in [-0.39, 0.29) is 12.5 Å². The number of hydrogen-bond acceptors (Lipinski definition) is 5. The van der Waals surface area contributed by atoms with E-state index >= 15 is 0 Å². The van der Waals surface area contributed by atoms with Gasteiger partial charge in [0.1, 0.15) is 5.75 Å². The van der Waals surface area contributed by atoms with Crippen LogP contribution in [0, 0.1) is 0 Å². The minimum Gasteiger partial charge on any atom is -0.493 e. The molecule has 2 aromatic heterocycles. The number of pyridine rings is 1. The van der Waals surface area contributed by atoms with Gasteiger partial charge in [-0.15, -0.1) is 18.5 Å². The molecule has 0 spiro atoms. The fourth-order valence-electron chi connectivity index (χ4n) is 4.08. The minimum atomic E-state index is -0.167. The predicted octanol–water partition coefficient (Wildman–Crippen LogP) is 2.80. The summed E-state index contributed by atoms with van der Waals surface area (Å²) in [5.74, 6) is 0.544. The molecule has 7 nitrogen and oxygen atoms in total. The Kier molecular flexibility index (Phi) is 7.27. The van der Waals surface area contributed by atoms with Crippen molar-refractivity contribution in [3.63, 3.8) is 0 Å². The lowest BCUT2D eigenvalue weighted by Crippen LogP contribution is -2.29. The molecule has 0 radical (unpaired) electrons. The summed E-state index contributed by atoms with van der Waals surface area (Å²) >= 11 is 0. The highest BCUT2D eigenvalue weighted by Gasteiger charge is 2.21. The molecule has 0 aliphatic rings. The maximum atomic E-state index is 13.5. The van der Waals surface area contributed by atoms with Crippen LogP contribution in [0.15, 0.2) is 48.8 Å². The second-order valence-corrected chi connectivity index (χ2v) is 9.36. The van der Waals surface area contributed by atoms with Gasteiger partial charge in [-0.05, 0) is 41.3 Å². The first-order valence-corrected chi connectivity index (χ1v) is 12.1. The van der Waals surface area contributed by atoms with Crippen molar-refractivity contribution in [1.29, 1.82) is 0 Å². The Hall–Kier alpha value is -2.85. The Morgan fingerprint density at radius 1 is 1.21 bits per heavy atom. The average molecular weight is 494 g/mol. The number of amides is 1. The zero-order valence-electron chi connectivity index (χ0n) is 19.4. The summed E-state index contributed by atoms with van der Waals surface area (Å²) in [5.41, 5.74) is 4.80. The van der Waals surface area contributed by atoms with Crippen molar-refractivity contribution in [2.75, 3.05) is 13.7 Å². The highest BCUT2D eigenvalue weighted by atomic mass is 31.0. The minimum absolute atomic E-state index is 0.126. The first-order chi connectivity index (χ1) is 16.3. The van der Waals surface area contributed by atoms with Crippen LogP contribution in [0.25, 0.3) is 22.0 Å². The number of hydrogen-bond donors (Lipinski definition) is 1. The largest absolute Gasteiger partial charge is 0.493 e. The maximum absolute atomic E-state index is 13.5. The van der Waals surface area contributed by atoms with E-state index < -0.39 is 0 Å². The molecular weight excluding hydrogens is 466 g/mol. The maximum Gasteiger partial charge on any atom is 0.254 e. The molecule has 0 bridgehead atoms. The predicted molar refractivity (Wildman–Crippen MR) is 142 cm³/mol. The zero-order valence-corrected chi connectivity index (χ0v) is 21.8. The number of ether oxygens (including phenoxy) is 1. The standard InChI is InChI=1S/C25H28N4O3P2/c1-4-32-22-9-19(23(34)10-18(22)15-6-5-7-17(33)8-15)25(31)28(2)13-16-11-26-21(14-30)20-12-27-29(3)24(16)20/h5-12,30H,4,13-14,33-34H2,1-3H3. The molecule has 1 amide bonds. The number of benzene rings is 2. The number of fused-ring (bicyclic) bond motifs is 1. The van der Waals surface area contributed by atoms with Gasteiger partial charge in [0.05, 0.1) is 36.2 Å². The third-order valence-corrected chi connectivity index (χ3v) is 6.55. The van der Waals surface area contributed by atoms with Crippen LogP contribution in [0.3, 0.4) is 0 Å². The molecule has 2 atom stereocenters. The summed E-state index contributed by atoms with van der Waals surface area (Å²) in [6.07, 6.45) is 3.39. The lowest BCUT2D eigenvalue weighted by Gasteiger charge is -2.21. The van der Waals surface area contributed by atoms with Crippen molar-refractivity contribution < 1.29 is 14.6 Å². The summed E-state index contributed by atoms with van der Waals surface area (Å²) in [4.78, 5) is 19.5. The molecule has 0 aliphatic heterocycles. The molecule has 9 heteroatoms. The summed E-state index contributed by atoms with van der Waals surface area (Å²) in [7, 11) is 9.00. The highest BCUT2D eigenvalue weighted by molar-refractivity contribution is 7.27. The SMILES string of the molecule is CCOc1cc(C(=O)N(C)Cc2cnc(CO)c3cnn(C)c23)c(P)cc1-c1cccc(P)c1. The second-order valence-electron chi connectivity index (χ2n) is 8.07. The molecule has 34 heavy (non-hydrogen) atoms. The van der Waals surface area contributed by atoms with Crippen molar-refractivity contribution in [3.05, 3.63) is 65.6 Å². The number of nitrogens with zero attached hydrogens (tertiary/aromatic N) is 4. The molecule has 2 heterocycles. The normalized spacial score (nSPS) is 11.1. The fourth-order valence-corrected chi connectivity index (χ4v) is 4.74. The van der Waals surface area contributed by atoms with E-state index in [1.54, 1.807) is 29.0 Å². The Labute approximate surface area is 203 Å². The Morgan fingerprint density at radius 2 is 2.00 bits per heavy atom. The average Bonchev–Trinajstić information content (AvgIpc) is 3.22. The van der Waals surface area contributed by atoms with E-state index in [2.05, 4.69) is 34.6 Å². The number of aromatic nitrogens is 3. The summed E-state index contributed by atoms with van der Waals surface area (Å²) < 4.78 is 7.67. The molecule has 1 N–H and O–H groups in total. The van der Waals surface area contributed by atoms with E-state index in [1.807, 2.05) is 44.3 Å². The fraction of sp³-hybridized carbons (Fsp3) is 0.240. The second kappa shape index (κ2) is 10.2. The van der Waals surface area contributed by atoms with Gasteiger partial charge in [-0.1, -0.05) is 18.2 Å². The Bertz CT molecular complexity index is 1370. The van der Waals surface area contributed by atoms with Gasteiger partial charge in [0.25, 0.3) is 5.91 Å². The quantitative estimate of drug-likeness (QED) is 0.400. The molecule has 0 saturated heterocycles. The number of carbonyl (C=O) groups is 1. The van der Waals surface area contributed by atoms with Gasteiger partial charge in [-0.2, -0.15) is 5.10 Å². The lowest BCUT2D eigenvalue weighted by atomic mass is 10.0. The number of rotatable bonds is 7. The number of aliphatic hydroxyl groups excluding tert-OH is 1. The third kappa shape index (κ3) is 4.69. The number of aliphatic hydroxyl groups is 1. The van der Waals surface area contributed by atoms with Gasteiger partial charge >= 0.3 is 0 Å². The third-order valence-electron chi connectivity index (χ3n) is 5.71. The molecule has 4 aromatic rings. The van der Waals surface area contributed by atoms with E-state index in [4.69, 9.17) is 4.74 Å². The molecule has 4 rings (SSSR count). The van der Waals surface area contributed by atoms with E-state index in [9.17, 15) is 9.90 Å². The summed E-state index contributed by atoms with van der Waals surface area (Å²) in [6, 6.07) is 11.9. The molecule has 0 saturated carbocycles. The van der Waals surface area contributed by atoms with Gasteiger partial charge < -0.3 is 14.7 Å². The van der Waals surface area contributed by atoms with E-state index in [1.165, 1.54) is 0 Å². The van der Waals surface area contributed by atoms with Crippen LogP contribution in [-0.2, 0) is 20.2 Å². The Balaban J connectivity index is 1.68. The summed E-state index contributed by atoms with van der Waals surface area (Å²) in [5, 5.41) is 16.6. The molecule has 2 aromatic carbocycles. The zero-order chi connectivity index (χ0) is 24.4.